The van der Waals surface area contributed by atoms with Gasteiger partial charge in [-0.3, -0.25) is 4.79 Å². The molecule has 5 nitrogen and oxygen atoms in total. The Morgan fingerprint density at radius 1 is 1.16 bits per heavy atom. The van der Waals surface area contributed by atoms with E-state index in [1.165, 1.54) is 0 Å². The average molecular weight is 338 g/mol. The lowest BCUT2D eigenvalue weighted by atomic mass is 9.95. The third kappa shape index (κ3) is 3.22. The fourth-order valence-corrected chi connectivity index (χ4v) is 3.21. The van der Waals surface area contributed by atoms with Crippen LogP contribution in [0.15, 0.2) is 47.6 Å². The first-order chi connectivity index (χ1) is 12.0. The maximum Gasteiger partial charge on any atom is 0.240 e. The number of rotatable bonds is 4. The second-order valence-corrected chi connectivity index (χ2v) is 6.05. The normalized spacial score (nSPS) is 16.6. The second kappa shape index (κ2) is 6.97. The smallest absolute Gasteiger partial charge is 0.240 e. The van der Waals surface area contributed by atoms with Crippen LogP contribution in [0.1, 0.15) is 36.1 Å². The van der Waals surface area contributed by atoms with Gasteiger partial charge in [0.25, 0.3) is 0 Å². The molecule has 0 radical (unpaired) electrons. The Kier molecular flexibility index (Phi) is 4.74. The largest absolute Gasteiger partial charge is 0.497 e. The van der Waals surface area contributed by atoms with Crippen molar-refractivity contribution in [1.82, 2.24) is 5.01 Å². The summed E-state index contributed by atoms with van der Waals surface area (Å²) in [5.41, 5.74) is 3.93. The van der Waals surface area contributed by atoms with Crippen LogP contribution in [-0.4, -0.2) is 30.8 Å². The zero-order valence-corrected chi connectivity index (χ0v) is 14.9. The third-order valence-electron chi connectivity index (χ3n) is 4.50. The number of amides is 1. The summed E-state index contributed by atoms with van der Waals surface area (Å²) in [4.78, 5) is 12.2. The lowest BCUT2D eigenvalue weighted by Gasteiger charge is -2.22. The molecule has 5 heteroatoms. The molecule has 0 fully saturated rings. The molecule has 0 bridgehead atoms. The van der Waals surface area contributed by atoms with E-state index in [9.17, 15) is 4.79 Å². The first kappa shape index (κ1) is 17.0. The molecule has 0 N–H and O–H groups in total. The molecular formula is C20H22N2O3. The van der Waals surface area contributed by atoms with Gasteiger partial charge in [0.1, 0.15) is 11.5 Å². The van der Waals surface area contributed by atoms with E-state index in [0.717, 1.165) is 28.2 Å². The van der Waals surface area contributed by atoms with Gasteiger partial charge in [-0.25, -0.2) is 5.01 Å². The quantitative estimate of drug-likeness (QED) is 0.854. The fourth-order valence-electron chi connectivity index (χ4n) is 3.21. The molecule has 1 unspecified atom stereocenters. The zero-order valence-electron chi connectivity index (χ0n) is 14.9. The molecule has 3 rings (SSSR count). The van der Waals surface area contributed by atoms with Crippen LogP contribution in [0.3, 0.4) is 0 Å². The minimum atomic E-state index is -0.107. The monoisotopic (exact) mass is 338 g/mol. The van der Waals surface area contributed by atoms with Crippen molar-refractivity contribution in [3.05, 3.63) is 59.2 Å². The Hall–Kier alpha value is -2.82. The summed E-state index contributed by atoms with van der Waals surface area (Å²) < 4.78 is 10.8. The lowest BCUT2D eigenvalue weighted by molar-refractivity contribution is -0.130. The summed E-state index contributed by atoms with van der Waals surface area (Å²) in [7, 11) is 3.25. The SMILES string of the molecule is COc1ccc(OC)c(C2=NN(C(C)=O)C(c3ccccc3C)C2)c1. The van der Waals surface area contributed by atoms with E-state index < -0.39 is 0 Å². The van der Waals surface area contributed by atoms with Gasteiger partial charge in [-0.2, -0.15) is 5.10 Å². The minimum absolute atomic E-state index is 0.0786. The maximum atomic E-state index is 12.2. The van der Waals surface area contributed by atoms with Crippen LogP contribution in [-0.2, 0) is 4.79 Å². The Balaban J connectivity index is 2.03. The summed E-state index contributed by atoms with van der Waals surface area (Å²) >= 11 is 0. The van der Waals surface area contributed by atoms with E-state index in [0.29, 0.717) is 12.2 Å². The molecule has 0 aromatic heterocycles. The van der Waals surface area contributed by atoms with Gasteiger partial charge in [0.15, 0.2) is 0 Å². The molecule has 0 saturated heterocycles. The standard InChI is InChI=1S/C20H22N2O3/c1-13-7-5-6-8-16(13)19-12-18(21-22(19)14(2)23)17-11-15(24-3)9-10-20(17)25-4/h5-11,19H,12H2,1-4H3. The van der Waals surface area contributed by atoms with Gasteiger partial charge >= 0.3 is 0 Å². The van der Waals surface area contributed by atoms with Crippen molar-refractivity contribution in [2.45, 2.75) is 26.3 Å². The number of aryl methyl sites for hydroxylation is 1. The molecule has 2 aromatic rings. The van der Waals surface area contributed by atoms with Crippen LogP contribution in [0.25, 0.3) is 0 Å². The van der Waals surface area contributed by atoms with Gasteiger partial charge in [0.05, 0.1) is 26.0 Å². The van der Waals surface area contributed by atoms with Gasteiger partial charge in [-0.15, -0.1) is 0 Å². The predicted octanol–water partition coefficient (Wildman–Crippen LogP) is 3.71. The van der Waals surface area contributed by atoms with E-state index in [2.05, 4.69) is 24.2 Å². The number of carbonyl (C=O) groups is 1. The second-order valence-electron chi connectivity index (χ2n) is 6.05. The Morgan fingerprint density at radius 3 is 2.56 bits per heavy atom. The van der Waals surface area contributed by atoms with Crippen LogP contribution < -0.4 is 9.47 Å². The number of carbonyl (C=O) groups excluding carboxylic acids is 1. The molecule has 130 valence electrons. The van der Waals surface area contributed by atoms with E-state index in [1.807, 2.05) is 30.3 Å². The molecule has 1 aliphatic heterocycles. The summed E-state index contributed by atoms with van der Waals surface area (Å²) in [6, 6.07) is 13.6. The molecule has 0 saturated carbocycles. The van der Waals surface area contributed by atoms with Gasteiger partial charge < -0.3 is 9.47 Å². The number of benzene rings is 2. The van der Waals surface area contributed by atoms with Crippen LogP contribution >= 0.6 is 0 Å². The summed E-state index contributed by atoms with van der Waals surface area (Å²) in [6.45, 7) is 3.60. The van der Waals surface area contributed by atoms with E-state index in [4.69, 9.17) is 9.47 Å². The first-order valence-corrected chi connectivity index (χ1v) is 8.20. The molecule has 0 spiro atoms. The molecule has 2 aromatic carbocycles. The van der Waals surface area contributed by atoms with Crippen LogP contribution in [0.4, 0.5) is 0 Å². The number of methoxy groups -OCH3 is 2. The summed E-state index contributed by atoms with van der Waals surface area (Å²) in [5, 5.41) is 6.17. The molecule has 1 aliphatic rings. The Morgan fingerprint density at radius 2 is 1.92 bits per heavy atom. The Labute approximate surface area is 147 Å². The zero-order chi connectivity index (χ0) is 18.0. The lowest BCUT2D eigenvalue weighted by Crippen LogP contribution is -2.24. The summed E-state index contributed by atoms with van der Waals surface area (Å²) in [5.74, 6) is 1.37. The molecule has 1 atom stereocenters. The highest BCUT2D eigenvalue weighted by Crippen LogP contribution is 2.37. The molecule has 1 heterocycles. The van der Waals surface area contributed by atoms with Crippen molar-refractivity contribution in [2.75, 3.05) is 14.2 Å². The first-order valence-electron chi connectivity index (χ1n) is 8.20. The Bertz CT molecular complexity index is 829. The van der Waals surface area contributed by atoms with E-state index in [1.54, 1.807) is 26.2 Å². The van der Waals surface area contributed by atoms with Crippen LogP contribution in [0, 0.1) is 6.92 Å². The van der Waals surface area contributed by atoms with Crippen molar-refractivity contribution in [3.8, 4) is 11.5 Å². The fraction of sp³-hybridized carbons (Fsp3) is 0.300. The topological polar surface area (TPSA) is 51.1 Å². The number of hydrogen-bond donors (Lipinski definition) is 0. The third-order valence-corrected chi connectivity index (χ3v) is 4.50. The van der Waals surface area contributed by atoms with Crippen molar-refractivity contribution in [1.29, 1.82) is 0 Å². The van der Waals surface area contributed by atoms with Gasteiger partial charge in [-0.05, 0) is 36.2 Å². The van der Waals surface area contributed by atoms with Crippen LogP contribution in [0.2, 0.25) is 0 Å². The number of ether oxygens (including phenoxy) is 2. The number of nitrogens with zero attached hydrogens (tertiary/aromatic N) is 2. The van der Waals surface area contributed by atoms with Gasteiger partial charge in [0, 0.05) is 18.9 Å². The minimum Gasteiger partial charge on any atom is -0.497 e. The predicted molar refractivity (Wildman–Crippen MR) is 97.1 cm³/mol. The summed E-state index contributed by atoms with van der Waals surface area (Å²) in [6.07, 6.45) is 0.633. The van der Waals surface area contributed by atoms with Crippen LogP contribution in [0.5, 0.6) is 11.5 Å². The van der Waals surface area contributed by atoms with Crippen molar-refractivity contribution >= 4 is 11.6 Å². The van der Waals surface area contributed by atoms with Crippen molar-refractivity contribution in [3.63, 3.8) is 0 Å². The highest BCUT2D eigenvalue weighted by Gasteiger charge is 2.33. The number of hydrazone groups is 1. The molecular weight excluding hydrogens is 316 g/mol. The van der Waals surface area contributed by atoms with Gasteiger partial charge in [-0.1, -0.05) is 24.3 Å². The average Bonchev–Trinajstić information content (AvgIpc) is 3.06. The van der Waals surface area contributed by atoms with Gasteiger partial charge in [0.2, 0.25) is 5.91 Å². The molecule has 1 amide bonds. The highest BCUT2D eigenvalue weighted by molar-refractivity contribution is 6.05. The molecule has 0 aliphatic carbocycles. The maximum absolute atomic E-state index is 12.2. The van der Waals surface area contributed by atoms with Crippen molar-refractivity contribution in [2.24, 2.45) is 5.10 Å². The van der Waals surface area contributed by atoms with E-state index >= 15 is 0 Å². The number of hydrogen-bond acceptors (Lipinski definition) is 4. The molecule has 25 heavy (non-hydrogen) atoms. The van der Waals surface area contributed by atoms with E-state index in [-0.39, 0.29) is 11.9 Å². The van der Waals surface area contributed by atoms with Crippen molar-refractivity contribution < 1.29 is 14.3 Å². The highest BCUT2D eigenvalue weighted by atomic mass is 16.5.